The lowest BCUT2D eigenvalue weighted by molar-refractivity contribution is 0.645. The van der Waals surface area contributed by atoms with E-state index >= 15 is 0 Å². The molecule has 14 rings (SSSR count). The summed E-state index contributed by atoms with van der Waals surface area (Å²) in [5.41, 5.74) is 25.1. The van der Waals surface area contributed by atoms with E-state index in [0.29, 0.717) is 0 Å². The second-order valence-corrected chi connectivity index (χ2v) is 37.1. The van der Waals surface area contributed by atoms with Crippen LogP contribution < -0.4 is 20.2 Å². The molecule has 0 spiro atoms. The van der Waals surface area contributed by atoms with Gasteiger partial charge in [-0.2, -0.15) is 0 Å². The molecule has 11 aromatic carbocycles. The average molecular weight is 1080 g/mol. The predicted molar refractivity (Wildman–Crippen MR) is 355 cm³/mol. The minimum absolute atomic E-state index is 0.129. The van der Waals surface area contributed by atoms with Crippen molar-refractivity contribution >= 4 is 82.2 Å². The van der Waals surface area contributed by atoms with Gasteiger partial charge in [-0.1, -0.05) is 237 Å². The van der Waals surface area contributed by atoms with Crippen LogP contribution in [0.3, 0.4) is 0 Å². The summed E-state index contributed by atoms with van der Waals surface area (Å²) in [6, 6.07) is 84.4. The molecule has 4 heteroatoms. The average Bonchev–Trinajstić information content (AvgIpc) is 3.98. The first-order valence-corrected chi connectivity index (χ1v) is 36.2. The van der Waals surface area contributed by atoms with E-state index < -0.39 is 16.1 Å². The first kappa shape index (κ1) is 51.1. The topological polar surface area (TPSA) is 6.48 Å². The van der Waals surface area contributed by atoms with Gasteiger partial charge in [-0.15, -0.1) is 0 Å². The minimum atomic E-state index is -1.56. The Hall–Kier alpha value is -8.03. The van der Waals surface area contributed by atoms with E-state index in [0.717, 1.165) is 17.1 Å². The van der Waals surface area contributed by atoms with Gasteiger partial charge in [-0.3, -0.25) is 0 Å². The molecule has 0 radical (unpaired) electrons. The van der Waals surface area contributed by atoms with Gasteiger partial charge in [-0.05, 0) is 172 Å². The highest BCUT2D eigenvalue weighted by molar-refractivity contribution is 6.89. The molecule has 0 heterocycles. The maximum absolute atomic E-state index is 2.53. The van der Waals surface area contributed by atoms with E-state index in [9.17, 15) is 0 Å². The molecule has 0 atom stereocenters. The van der Waals surface area contributed by atoms with E-state index in [-0.39, 0.29) is 16.2 Å². The zero-order chi connectivity index (χ0) is 56.1. The fraction of sp³-hybridized carbons (Fsp3) is 0.195. The predicted octanol–water partition coefficient (Wildman–Crippen LogP) is 20.6. The summed E-state index contributed by atoms with van der Waals surface area (Å²) in [4.78, 5) is 5.03. The van der Waals surface area contributed by atoms with Gasteiger partial charge in [0.2, 0.25) is 0 Å². The Balaban J connectivity index is 0.978. The van der Waals surface area contributed by atoms with Crippen LogP contribution in [-0.4, -0.2) is 16.1 Å². The highest BCUT2D eigenvalue weighted by Gasteiger charge is 2.40. The van der Waals surface area contributed by atoms with Gasteiger partial charge in [0.1, 0.15) is 0 Å². The largest absolute Gasteiger partial charge is 0.310 e. The molecule has 81 heavy (non-hydrogen) atoms. The Bertz CT molecular complexity index is 4380. The van der Waals surface area contributed by atoms with Crippen molar-refractivity contribution in [1.82, 2.24) is 0 Å². The van der Waals surface area contributed by atoms with Crippen molar-refractivity contribution in [3.8, 4) is 44.5 Å². The van der Waals surface area contributed by atoms with Crippen molar-refractivity contribution in [3.05, 3.63) is 252 Å². The number of anilines is 6. The number of nitrogens with zero attached hydrogens (tertiary/aromatic N) is 2. The molecule has 398 valence electrons. The summed E-state index contributed by atoms with van der Waals surface area (Å²) in [6.45, 7) is 29.1. The monoisotopic (exact) mass is 1080 g/mol. The van der Waals surface area contributed by atoms with Gasteiger partial charge in [-0.25, -0.2) is 0 Å². The lowest BCUT2D eigenvalue weighted by Gasteiger charge is -2.38. The second-order valence-electron chi connectivity index (χ2n) is 27.0. The van der Waals surface area contributed by atoms with Gasteiger partial charge < -0.3 is 9.80 Å². The summed E-state index contributed by atoms with van der Waals surface area (Å²) in [5, 5.41) is 8.06. The standard InChI is InChI=1S/C77H72N2Si2/c1-75(2)66-26-18-16-23-58(66)60-41-33-53(46-69(60)75)78(50-29-37-56(38-30-50)80(7,8)9)52-35-43-63-65(45-52)62-25-20-28-68-73(62)74(72(63)49-21-14-13-15-22-49)64-44-36-55(48-71(64)77(68,5)6)79(51-31-39-57(40-32-51)81(10,11)12)54-34-42-61-59-24-17-19-27-67(59)76(3,4)70(61)47-54/h13-48H,1-12H3. The molecule has 0 bridgehead atoms. The van der Waals surface area contributed by atoms with Gasteiger partial charge in [0.15, 0.2) is 0 Å². The Morgan fingerprint density at radius 1 is 0.272 bits per heavy atom. The van der Waals surface area contributed by atoms with Crippen molar-refractivity contribution in [3.63, 3.8) is 0 Å². The Morgan fingerprint density at radius 2 is 0.654 bits per heavy atom. The van der Waals surface area contributed by atoms with Crippen LogP contribution in [0.1, 0.15) is 74.9 Å². The third kappa shape index (κ3) is 7.84. The molecular weight excluding hydrogens is 1010 g/mol. The fourth-order valence-electron chi connectivity index (χ4n) is 14.4. The van der Waals surface area contributed by atoms with Crippen LogP contribution in [-0.2, 0) is 16.2 Å². The zero-order valence-corrected chi connectivity index (χ0v) is 51.2. The minimum Gasteiger partial charge on any atom is -0.310 e. The first-order valence-electron chi connectivity index (χ1n) is 29.2. The normalized spacial score (nSPS) is 15.0. The molecule has 0 unspecified atom stereocenters. The molecule has 0 aromatic heterocycles. The lowest BCUT2D eigenvalue weighted by atomic mass is 9.66. The SMILES string of the molecule is CC1(C)c2ccccc2-c2ccc(N(c3ccc([Si](C)(C)C)cc3)c3ccc4c(c3)C(C)(C)c3cccc5c3c-4c(-c3ccccc3)c3ccc(N(c4ccc([Si](C)(C)C)cc4)c4ccc6c(c4)C(C)(C)c4ccccc4-6)cc35)cc21. The molecule has 3 aliphatic carbocycles. The van der Waals surface area contributed by atoms with E-state index in [2.05, 4.69) is 309 Å². The van der Waals surface area contributed by atoms with Gasteiger partial charge >= 0.3 is 0 Å². The Morgan fingerprint density at radius 3 is 1.15 bits per heavy atom. The molecule has 0 saturated heterocycles. The molecule has 0 aliphatic heterocycles. The maximum Gasteiger partial charge on any atom is 0.0775 e. The zero-order valence-electron chi connectivity index (χ0n) is 49.2. The molecule has 0 fully saturated rings. The fourth-order valence-corrected chi connectivity index (χ4v) is 16.8. The quantitative estimate of drug-likeness (QED) is 0.105. The van der Waals surface area contributed by atoms with E-state index in [1.165, 1.54) is 127 Å². The van der Waals surface area contributed by atoms with Crippen LogP contribution >= 0.6 is 0 Å². The smallest absolute Gasteiger partial charge is 0.0775 e. The van der Waals surface area contributed by atoms with E-state index in [1.54, 1.807) is 0 Å². The van der Waals surface area contributed by atoms with Crippen LogP contribution in [0.4, 0.5) is 34.1 Å². The summed E-state index contributed by atoms with van der Waals surface area (Å²) < 4.78 is 0. The number of hydrogen-bond acceptors (Lipinski definition) is 2. The highest BCUT2D eigenvalue weighted by atomic mass is 28.3. The Labute approximate surface area is 482 Å². The third-order valence-corrected chi connectivity index (χ3v) is 23.1. The molecule has 11 aromatic rings. The van der Waals surface area contributed by atoms with Crippen LogP contribution in [0, 0.1) is 0 Å². The molecule has 0 saturated carbocycles. The lowest BCUT2D eigenvalue weighted by Crippen LogP contribution is -2.37. The van der Waals surface area contributed by atoms with Gasteiger partial charge in [0.25, 0.3) is 0 Å². The van der Waals surface area contributed by atoms with Crippen molar-refractivity contribution in [1.29, 1.82) is 0 Å². The summed E-state index contributed by atoms with van der Waals surface area (Å²) in [6.07, 6.45) is 0. The molecule has 2 nitrogen and oxygen atoms in total. The van der Waals surface area contributed by atoms with Crippen molar-refractivity contribution in [2.24, 2.45) is 0 Å². The summed E-state index contributed by atoms with van der Waals surface area (Å²) >= 11 is 0. The summed E-state index contributed by atoms with van der Waals surface area (Å²) in [5.74, 6) is 0. The Kier molecular flexibility index (Phi) is 11.4. The second kappa shape index (κ2) is 18.0. The highest BCUT2D eigenvalue weighted by Crippen LogP contribution is 2.58. The first-order chi connectivity index (χ1) is 38.7. The van der Waals surface area contributed by atoms with Crippen molar-refractivity contribution in [2.45, 2.75) is 97.1 Å². The molecular formula is C77H72N2Si2. The number of rotatable bonds is 9. The maximum atomic E-state index is 2.53. The van der Waals surface area contributed by atoms with Crippen LogP contribution in [0.25, 0.3) is 66.1 Å². The van der Waals surface area contributed by atoms with Crippen molar-refractivity contribution in [2.75, 3.05) is 9.80 Å². The molecule has 0 N–H and O–H groups in total. The van der Waals surface area contributed by atoms with Crippen LogP contribution in [0.2, 0.25) is 39.3 Å². The van der Waals surface area contributed by atoms with Crippen LogP contribution in [0.15, 0.2) is 218 Å². The number of hydrogen-bond donors (Lipinski definition) is 0. The van der Waals surface area contributed by atoms with E-state index in [4.69, 9.17) is 0 Å². The molecule has 0 amide bonds. The van der Waals surface area contributed by atoms with Crippen molar-refractivity contribution < 1.29 is 0 Å². The van der Waals surface area contributed by atoms with Gasteiger partial charge in [0, 0.05) is 50.4 Å². The number of benzene rings is 11. The van der Waals surface area contributed by atoms with Gasteiger partial charge in [0.05, 0.1) is 16.1 Å². The van der Waals surface area contributed by atoms with E-state index in [1.807, 2.05) is 0 Å². The third-order valence-electron chi connectivity index (χ3n) is 19.0. The van der Waals surface area contributed by atoms with Crippen LogP contribution in [0.5, 0.6) is 0 Å². The molecule has 3 aliphatic rings. The number of fused-ring (bicyclic) bond motifs is 10. The summed E-state index contributed by atoms with van der Waals surface area (Å²) in [7, 11) is -3.11.